The highest BCUT2D eigenvalue weighted by atomic mass is 32.2. The summed E-state index contributed by atoms with van der Waals surface area (Å²) >= 11 is 0. The number of piperazine rings is 1. The Kier molecular flexibility index (Phi) is 4.88. The molecule has 1 heterocycles. The van der Waals surface area contributed by atoms with Gasteiger partial charge in [-0.3, -0.25) is 4.90 Å². The average Bonchev–Trinajstić information content (AvgIpc) is 2.31. The molecule has 1 aliphatic heterocycles. The summed E-state index contributed by atoms with van der Waals surface area (Å²) < 4.78 is 25.4. The number of hydrogen-bond acceptors (Lipinski definition) is 5. The Hall–Kier alpha value is -1.15. The van der Waals surface area contributed by atoms with Crippen LogP contribution in [0.4, 0.5) is 0 Å². The Bertz CT molecular complexity index is 426. The van der Waals surface area contributed by atoms with Crippen LogP contribution in [0, 0.1) is 22.7 Å². The number of rotatable bonds is 4. The predicted molar refractivity (Wildman–Crippen MR) is 62.2 cm³/mol. The van der Waals surface area contributed by atoms with E-state index in [1.54, 1.807) is 6.92 Å². The second-order valence-electron chi connectivity index (χ2n) is 3.90. The zero-order valence-corrected chi connectivity index (χ0v) is 10.7. The fraction of sp³-hybridized carbons (Fsp3) is 0.800. The highest BCUT2D eigenvalue weighted by Gasteiger charge is 2.32. The van der Waals surface area contributed by atoms with Crippen molar-refractivity contribution >= 4 is 10.0 Å². The van der Waals surface area contributed by atoms with Crippen LogP contribution in [0.2, 0.25) is 0 Å². The van der Waals surface area contributed by atoms with Crippen molar-refractivity contribution in [2.75, 3.05) is 32.7 Å². The Morgan fingerprint density at radius 1 is 1.24 bits per heavy atom. The zero-order valence-electron chi connectivity index (χ0n) is 9.83. The number of hydrogen-bond donors (Lipinski definition) is 0. The molecule has 1 fully saturated rings. The summed E-state index contributed by atoms with van der Waals surface area (Å²) in [6, 6.07) is 3.87. The standard InChI is InChI=1S/C10H16N4O2S/c1-2-10(9-12)17(15,16)14-7-5-13(4-3-11)6-8-14/h10H,2,4-8H2,1H3. The summed E-state index contributed by atoms with van der Waals surface area (Å²) in [6.45, 7) is 3.84. The minimum atomic E-state index is -3.50. The van der Waals surface area contributed by atoms with Gasteiger partial charge in [0, 0.05) is 26.2 Å². The second-order valence-corrected chi connectivity index (χ2v) is 6.02. The zero-order chi connectivity index (χ0) is 12.9. The minimum absolute atomic E-state index is 0.303. The molecule has 0 saturated carbocycles. The van der Waals surface area contributed by atoms with Crippen LogP contribution in [0.25, 0.3) is 0 Å². The lowest BCUT2D eigenvalue weighted by Crippen LogP contribution is -2.50. The van der Waals surface area contributed by atoms with Gasteiger partial charge in [-0.1, -0.05) is 6.92 Å². The fourth-order valence-corrected chi connectivity index (χ4v) is 3.38. The summed E-state index contributed by atoms with van der Waals surface area (Å²) in [7, 11) is -3.50. The first-order valence-electron chi connectivity index (χ1n) is 5.54. The lowest BCUT2D eigenvalue weighted by Gasteiger charge is -2.33. The normalized spacial score (nSPS) is 20.4. The molecule has 0 aliphatic carbocycles. The number of sulfonamides is 1. The van der Waals surface area contributed by atoms with Crippen molar-refractivity contribution in [1.29, 1.82) is 10.5 Å². The van der Waals surface area contributed by atoms with Crippen LogP contribution in [-0.2, 0) is 10.0 Å². The molecule has 0 aromatic carbocycles. The summed E-state index contributed by atoms with van der Waals surface area (Å²) in [5.41, 5.74) is 0. The summed E-state index contributed by atoms with van der Waals surface area (Å²) in [4.78, 5) is 1.90. The summed E-state index contributed by atoms with van der Waals surface area (Å²) in [6.07, 6.45) is 0.303. The summed E-state index contributed by atoms with van der Waals surface area (Å²) in [5.74, 6) is 0. The SMILES string of the molecule is CCC(C#N)S(=O)(=O)N1CCN(CC#N)CC1. The van der Waals surface area contributed by atoms with Gasteiger partial charge in [-0.25, -0.2) is 8.42 Å². The maximum Gasteiger partial charge on any atom is 0.230 e. The molecule has 0 spiro atoms. The van der Waals surface area contributed by atoms with Crippen LogP contribution in [0.3, 0.4) is 0 Å². The van der Waals surface area contributed by atoms with E-state index in [4.69, 9.17) is 10.5 Å². The smallest absolute Gasteiger partial charge is 0.230 e. The highest BCUT2D eigenvalue weighted by Crippen LogP contribution is 2.14. The van der Waals surface area contributed by atoms with Crippen LogP contribution in [0.1, 0.15) is 13.3 Å². The molecule has 94 valence electrons. The van der Waals surface area contributed by atoms with Crippen molar-refractivity contribution in [1.82, 2.24) is 9.21 Å². The molecule has 1 aliphatic rings. The molecule has 7 heteroatoms. The Morgan fingerprint density at radius 3 is 2.24 bits per heavy atom. The fourth-order valence-electron chi connectivity index (χ4n) is 1.79. The predicted octanol–water partition coefficient (Wildman–Crippen LogP) is -0.240. The topological polar surface area (TPSA) is 88.2 Å². The maximum atomic E-state index is 12.0. The van der Waals surface area contributed by atoms with E-state index in [0.29, 0.717) is 39.1 Å². The summed E-state index contributed by atoms with van der Waals surface area (Å²) in [5, 5.41) is 16.4. The number of nitrogens with zero attached hydrogens (tertiary/aromatic N) is 4. The van der Waals surface area contributed by atoms with E-state index in [0.717, 1.165) is 0 Å². The van der Waals surface area contributed by atoms with E-state index < -0.39 is 15.3 Å². The largest absolute Gasteiger partial charge is 0.288 e. The maximum absolute atomic E-state index is 12.0. The van der Waals surface area contributed by atoms with E-state index in [2.05, 4.69) is 0 Å². The van der Waals surface area contributed by atoms with E-state index in [-0.39, 0.29) is 0 Å². The Morgan fingerprint density at radius 2 is 1.82 bits per heavy atom. The van der Waals surface area contributed by atoms with Gasteiger partial charge in [0.25, 0.3) is 0 Å². The molecule has 0 aromatic rings. The van der Waals surface area contributed by atoms with Crippen LogP contribution < -0.4 is 0 Å². The van der Waals surface area contributed by atoms with Crippen LogP contribution in [0.15, 0.2) is 0 Å². The minimum Gasteiger partial charge on any atom is -0.288 e. The van der Waals surface area contributed by atoms with Crippen molar-refractivity contribution in [3.63, 3.8) is 0 Å². The van der Waals surface area contributed by atoms with E-state index >= 15 is 0 Å². The van der Waals surface area contributed by atoms with Crippen molar-refractivity contribution < 1.29 is 8.42 Å². The Labute approximate surface area is 102 Å². The van der Waals surface area contributed by atoms with Gasteiger partial charge >= 0.3 is 0 Å². The molecule has 0 amide bonds. The average molecular weight is 256 g/mol. The van der Waals surface area contributed by atoms with Crippen LogP contribution >= 0.6 is 0 Å². The van der Waals surface area contributed by atoms with Crippen LogP contribution in [-0.4, -0.2) is 55.6 Å². The first-order chi connectivity index (χ1) is 8.06. The van der Waals surface area contributed by atoms with Gasteiger partial charge in [-0.2, -0.15) is 14.8 Å². The molecule has 1 rings (SSSR count). The van der Waals surface area contributed by atoms with E-state index in [9.17, 15) is 8.42 Å². The molecular formula is C10H16N4O2S. The third-order valence-electron chi connectivity index (χ3n) is 2.86. The Balaban J connectivity index is 2.66. The molecule has 0 N–H and O–H groups in total. The lowest BCUT2D eigenvalue weighted by atomic mass is 10.4. The van der Waals surface area contributed by atoms with Gasteiger partial charge in [-0.05, 0) is 6.42 Å². The van der Waals surface area contributed by atoms with Crippen LogP contribution in [0.5, 0.6) is 0 Å². The lowest BCUT2D eigenvalue weighted by molar-refractivity contribution is 0.205. The molecular weight excluding hydrogens is 240 g/mol. The van der Waals surface area contributed by atoms with Gasteiger partial charge in [-0.15, -0.1) is 0 Å². The molecule has 1 saturated heterocycles. The van der Waals surface area contributed by atoms with Gasteiger partial charge in [0.2, 0.25) is 10.0 Å². The van der Waals surface area contributed by atoms with E-state index in [1.165, 1.54) is 4.31 Å². The molecule has 0 radical (unpaired) electrons. The highest BCUT2D eigenvalue weighted by molar-refractivity contribution is 7.90. The monoisotopic (exact) mass is 256 g/mol. The molecule has 6 nitrogen and oxygen atoms in total. The molecule has 17 heavy (non-hydrogen) atoms. The molecule has 1 atom stereocenters. The third kappa shape index (κ3) is 3.16. The quantitative estimate of drug-likeness (QED) is 0.648. The van der Waals surface area contributed by atoms with Crippen molar-refractivity contribution in [3.8, 4) is 12.1 Å². The third-order valence-corrected chi connectivity index (χ3v) is 5.10. The first-order valence-corrected chi connectivity index (χ1v) is 7.04. The molecule has 0 aromatic heterocycles. The van der Waals surface area contributed by atoms with Gasteiger partial charge < -0.3 is 0 Å². The van der Waals surface area contributed by atoms with Crippen molar-refractivity contribution in [2.45, 2.75) is 18.6 Å². The molecule has 0 bridgehead atoms. The van der Waals surface area contributed by atoms with Gasteiger partial charge in [0.05, 0.1) is 18.7 Å². The molecule has 1 unspecified atom stereocenters. The van der Waals surface area contributed by atoms with E-state index in [1.807, 2.05) is 17.0 Å². The van der Waals surface area contributed by atoms with Crippen molar-refractivity contribution in [2.24, 2.45) is 0 Å². The number of nitriles is 2. The van der Waals surface area contributed by atoms with Crippen molar-refractivity contribution in [3.05, 3.63) is 0 Å². The second kappa shape index (κ2) is 5.97. The van der Waals surface area contributed by atoms with Gasteiger partial charge in [0.15, 0.2) is 5.25 Å². The first kappa shape index (κ1) is 13.9. The van der Waals surface area contributed by atoms with Gasteiger partial charge in [0.1, 0.15) is 0 Å².